The highest BCUT2D eigenvalue weighted by Crippen LogP contribution is 2.32. The normalized spacial score (nSPS) is 21.5. The summed E-state index contributed by atoms with van der Waals surface area (Å²) >= 11 is 1.36. The molecule has 1 unspecified atom stereocenters. The number of halogens is 2. The second-order valence-electron chi connectivity index (χ2n) is 4.85. The molecule has 2 amide bonds. The van der Waals surface area contributed by atoms with Crippen LogP contribution in [0.3, 0.4) is 0 Å². The fourth-order valence-corrected chi connectivity index (χ4v) is 3.61. The van der Waals surface area contributed by atoms with Gasteiger partial charge in [0.05, 0.1) is 5.04 Å². The summed E-state index contributed by atoms with van der Waals surface area (Å²) in [5.74, 6) is -0.670. The van der Waals surface area contributed by atoms with Crippen LogP contribution in [-0.2, 0) is 5.75 Å². The summed E-state index contributed by atoms with van der Waals surface area (Å²) in [6, 6.07) is 2.97. The van der Waals surface area contributed by atoms with E-state index in [0.29, 0.717) is 11.3 Å². The average Bonchev–Trinajstić information content (AvgIpc) is 2.82. The number of hydrogen-bond donors (Lipinski definition) is 0. The highest BCUT2D eigenvalue weighted by Gasteiger charge is 2.31. The maximum Gasteiger partial charge on any atom is 0.367 e. The minimum atomic E-state index is -0.592. The minimum absolute atomic E-state index is 0.121. The van der Waals surface area contributed by atoms with Crippen LogP contribution in [0, 0.1) is 17.6 Å². The van der Waals surface area contributed by atoms with Crippen LogP contribution in [0.5, 0.6) is 0 Å². The maximum atomic E-state index is 13.1. The second-order valence-corrected chi connectivity index (χ2v) is 5.84. The molecule has 1 heterocycles. The van der Waals surface area contributed by atoms with Crippen LogP contribution >= 0.6 is 11.8 Å². The van der Waals surface area contributed by atoms with E-state index in [9.17, 15) is 13.6 Å². The zero-order chi connectivity index (χ0) is 14.1. The molecular formula is C14H12F2N2OS. The molecule has 0 aromatic heterocycles. The third kappa shape index (κ3) is 2.80. The van der Waals surface area contributed by atoms with Crippen molar-refractivity contribution in [3.05, 3.63) is 35.4 Å². The SMILES string of the molecule is O=C1N=C2CCCC2C(SCc2cc(F)cc(F)c2)=N1. The molecule has 0 radical (unpaired) electrons. The van der Waals surface area contributed by atoms with E-state index in [1.54, 1.807) is 0 Å². The molecule has 3 rings (SSSR count). The van der Waals surface area contributed by atoms with E-state index in [1.807, 2.05) is 0 Å². The van der Waals surface area contributed by atoms with Gasteiger partial charge in [-0.15, -0.1) is 11.8 Å². The standard InChI is InChI=1S/C14H12F2N2OS/c15-9-4-8(5-10(16)6-9)7-20-13-11-2-1-3-12(11)17-14(19)18-13/h4-6,11H,1-3,7H2. The molecule has 0 spiro atoms. The number of rotatable bonds is 2. The molecule has 1 saturated carbocycles. The predicted molar refractivity (Wildman–Crippen MR) is 75.3 cm³/mol. The summed E-state index contributed by atoms with van der Waals surface area (Å²) in [6.07, 6.45) is 2.78. The molecular weight excluding hydrogens is 282 g/mol. The van der Waals surface area contributed by atoms with Gasteiger partial charge in [-0.2, -0.15) is 4.99 Å². The molecule has 2 aliphatic rings. The Morgan fingerprint density at radius 1 is 1.20 bits per heavy atom. The quantitative estimate of drug-likeness (QED) is 0.828. The summed E-state index contributed by atoms with van der Waals surface area (Å²) in [5, 5.41) is 0.724. The summed E-state index contributed by atoms with van der Waals surface area (Å²) in [6.45, 7) is 0. The third-order valence-electron chi connectivity index (χ3n) is 3.38. The Bertz CT molecular complexity index is 607. The monoisotopic (exact) mass is 294 g/mol. The predicted octanol–water partition coefficient (Wildman–Crippen LogP) is 3.97. The van der Waals surface area contributed by atoms with Crippen molar-refractivity contribution in [1.82, 2.24) is 0 Å². The van der Waals surface area contributed by atoms with Crippen LogP contribution in [0.2, 0.25) is 0 Å². The van der Waals surface area contributed by atoms with Gasteiger partial charge < -0.3 is 0 Å². The molecule has 1 aromatic carbocycles. The number of hydrogen-bond acceptors (Lipinski definition) is 2. The lowest BCUT2D eigenvalue weighted by Crippen LogP contribution is -2.22. The maximum absolute atomic E-state index is 13.1. The Balaban J connectivity index is 1.73. The number of fused-ring (bicyclic) bond motifs is 1. The molecule has 1 aliphatic heterocycles. The first kappa shape index (κ1) is 13.4. The summed E-state index contributed by atoms with van der Waals surface area (Å²) in [5.41, 5.74) is 1.45. The van der Waals surface area contributed by atoms with Gasteiger partial charge in [0.15, 0.2) is 0 Å². The van der Waals surface area contributed by atoms with Crippen LogP contribution in [-0.4, -0.2) is 16.8 Å². The Hall–Kier alpha value is -1.56. The highest BCUT2D eigenvalue weighted by atomic mass is 32.2. The lowest BCUT2D eigenvalue weighted by Gasteiger charge is -2.16. The van der Waals surface area contributed by atoms with Gasteiger partial charge >= 0.3 is 6.03 Å². The van der Waals surface area contributed by atoms with Gasteiger partial charge in [-0.3, -0.25) is 0 Å². The van der Waals surface area contributed by atoms with E-state index in [0.717, 1.165) is 36.1 Å². The number of carbonyl (C=O) groups excluding carboxylic acids is 1. The number of carbonyl (C=O) groups is 1. The van der Waals surface area contributed by atoms with E-state index in [1.165, 1.54) is 23.9 Å². The Kier molecular flexibility index (Phi) is 3.65. The van der Waals surface area contributed by atoms with Gasteiger partial charge in [0.1, 0.15) is 11.6 Å². The van der Waals surface area contributed by atoms with Crippen LogP contribution in [0.4, 0.5) is 13.6 Å². The van der Waals surface area contributed by atoms with Crippen molar-refractivity contribution in [2.24, 2.45) is 15.9 Å². The zero-order valence-corrected chi connectivity index (χ0v) is 11.4. The molecule has 0 saturated heterocycles. The summed E-state index contributed by atoms with van der Waals surface area (Å²) < 4.78 is 26.2. The van der Waals surface area contributed by atoms with Crippen LogP contribution in [0.25, 0.3) is 0 Å². The topological polar surface area (TPSA) is 41.8 Å². The fourth-order valence-electron chi connectivity index (χ4n) is 2.53. The number of nitrogens with zero attached hydrogens (tertiary/aromatic N) is 2. The molecule has 1 aromatic rings. The van der Waals surface area contributed by atoms with Gasteiger partial charge in [0.2, 0.25) is 0 Å². The number of amides is 2. The van der Waals surface area contributed by atoms with Crippen LogP contribution in [0.1, 0.15) is 24.8 Å². The van der Waals surface area contributed by atoms with Crippen molar-refractivity contribution in [3.8, 4) is 0 Å². The zero-order valence-electron chi connectivity index (χ0n) is 10.6. The highest BCUT2D eigenvalue weighted by molar-refractivity contribution is 8.13. The van der Waals surface area contributed by atoms with Crippen molar-refractivity contribution in [2.75, 3.05) is 0 Å². The molecule has 1 atom stereocenters. The van der Waals surface area contributed by atoms with Crippen molar-refractivity contribution in [2.45, 2.75) is 25.0 Å². The lowest BCUT2D eigenvalue weighted by molar-refractivity contribution is 0.256. The molecule has 104 valence electrons. The van der Waals surface area contributed by atoms with E-state index in [-0.39, 0.29) is 5.92 Å². The average molecular weight is 294 g/mol. The first-order chi connectivity index (χ1) is 9.61. The molecule has 0 N–H and O–H groups in total. The van der Waals surface area contributed by atoms with Crippen molar-refractivity contribution in [3.63, 3.8) is 0 Å². The van der Waals surface area contributed by atoms with Crippen molar-refractivity contribution < 1.29 is 13.6 Å². The minimum Gasteiger partial charge on any atom is -0.244 e. The Morgan fingerprint density at radius 2 is 1.95 bits per heavy atom. The van der Waals surface area contributed by atoms with Gasteiger partial charge in [-0.05, 0) is 37.0 Å². The Labute approximate surface area is 119 Å². The molecule has 0 bridgehead atoms. The van der Waals surface area contributed by atoms with Crippen molar-refractivity contribution >= 4 is 28.5 Å². The van der Waals surface area contributed by atoms with Gasteiger partial charge in [0, 0.05) is 23.4 Å². The Morgan fingerprint density at radius 3 is 2.70 bits per heavy atom. The number of urea groups is 1. The lowest BCUT2D eigenvalue weighted by atomic mass is 10.1. The van der Waals surface area contributed by atoms with E-state index in [4.69, 9.17) is 0 Å². The van der Waals surface area contributed by atoms with E-state index in [2.05, 4.69) is 9.98 Å². The van der Waals surface area contributed by atoms with Crippen molar-refractivity contribution in [1.29, 1.82) is 0 Å². The van der Waals surface area contributed by atoms with E-state index < -0.39 is 17.7 Å². The first-order valence-corrected chi connectivity index (χ1v) is 7.38. The molecule has 3 nitrogen and oxygen atoms in total. The number of aliphatic imine (C=N–C) groups is 2. The van der Waals surface area contributed by atoms with Crippen LogP contribution in [0.15, 0.2) is 28.2 Å². The molecule has 6 heteroatoms. The van der Waals surface area contributed by atoms with Gasteiger partial charge in [-0.25, -0.2) is 18.6 Å². The smallest absolute Gasteiger partial charge is 0.244 e. The first-order valence-electron chi connectivity index (χ1n) is 6.39. The molecule has 20 heavy (non-hydrogen) atoms. The van der Waals surface area contributed by atoms with Crippen LogP contribution < -0.4 is 0 Å². The van der Waals surface area contributed by atoms with E-state index >= 15 is 0 Å². The summed E-state index contributed by atoms with van der Waals surface area (Å²) in [7, 11) is 0. The molecule has 1 aliphatic carbocycles. The third-order valence-corrected chi connectivity index (χ3v) is 4.53. The second kappa shape index (κ2) is 5.44. The number of thioether (sulfide) groups is 1. The molecule has 1 fully saturated rings. The van der Waals surface area contributed by atoms with Gasteiger partial charge in [0.25, 0.3) is 0 Å². The number of benzene rings is 1. The summed E-state index contributed by atoms with van der Waals surface area (Å²) in [4.78, 5) is 19.3. The largest absolute Gasteiger partial charge is 0.367 e. The van der Waals surface area contributed by atoms with Gasteiger partial charge in [-0.1, -0.05) is 0 Å². The fraction of sp³-hybridized carbons (Fsp3) is 0.357.